The number of ether oxygens (including phenoxy) is 2. The van der Waals surface area contributed by atoms with Gasteiger partial charge in [0, 0.05) is 15.8 Å². The number of benzene rings is 2. The lowest BCUT2D eigenvalue weighted by molar-refractivity contribution is -0.116. The van der Waals surface area contributed by atoms with Gasteiger partial charge in [-0.15, -0.1) is 23.1 Å². The average molecular weight is 409 g/mol. The molecular formula is C21H16N2O3S2. The van der Waals surface area contributed by atoms with Crippen molar-refractivity contribution in [1.29, 1.82) is 5.26 Å². The molecule has 1 aliphatic heterocycles. The Hall–Kier alpha value is -2.82. The van der Waals surface area contributed by atoms with Crippen molar-refractivity contribution in [2.75, 3.05) is 19.0 Å². The van der Waals surface area contributed by atoms with Crippen molar-refractivity contribution < 1.29 is 14.3 Å². The maximum Gasteiger partial charge on any atom is 0.167 e. The zero-order valence-corrected chi connectivity index (χ0v) is 16.5. The predicted molar refractivity (Wildman–Crippen MR) is 109 cm³/mol. The van der Waals surface area contributed by atoms with Crippen LogP contribution >= 0.6 is 23.1 Å². The Bertz CT molecular complexity index is 1030. The van der Waals surface area contributed by atoms with E-state index in [9.17, 15) is 10.1 Å². The van der Waals surface area contributed by atoms with Crippen LogP contribution in [0.15, 0.2) is 58.8 Å². The van der Waals surface area contributed by atoms with Crippen molar-refractivity contribution >= 4 is 28.9 Å². The lowest BCUT2D eigenvalue weighted by Crippen LogP contribution is -2.15. The standard InChI is InChI=1S/C21H16N2O3S2/c22-11-16(21-23-17(12-28-21)14-4-2-1-3-5-14)18(24)13-27-15-6-7-19-20(10-15)26-9-8-25-19/h1-7,10,12,16H,8-9,13H2/t16-/m0/s1. The van der Waals surface area contributed by atoms with E-state index in [0.29, 0.717) is 29.7 Å². The zero-order chi connectivity index (χ0) is 19.3. The van der Waals surface area contributed by atoms with Crippen molar-refractivity contribution in [3.63, 3.8) is 0 Å². The van der Waals surface area contributed by atoms with E-state index in [2.05, 4.69) is 11.1 Å². The monoisotopic (exact) mass is 408 g/mol. The second-order valence-corrected chi connectivity index (χ2v) is 8.00. The summed E-state index contributed by atoms with van der Waals surface area (Å²) in [7, 11) is 0. The summed E-state index contributed by atoms with van der Waals surface area (Å²) in [6.45, 7) is 1.06. The van der Waals surface area contributed by atoms with Crippen molar-refractivity contribution in [1.82, 2.24) is 4.98 Å². The molecule has 0 unspecified atom stereocenters. The number of hydrogen-bond donors (Lipinski definition) is 0. The number of Topliss-reactive ketones (excluding diaryl/α,β-unsaturated/α-hetero) is 1. The minimum absolute atomic E-state index is 0.156. The number of carbonyl (C=O) groups is 1. The van der Waals surface area contributed by atoms with Gasteiger partial charge < -0.3 is 9.47 Å². The maximum absolute atomic E-state index is 12.6. The second kappa shape index (κ2) is 8.46. The summed E-state index contributed by atoms with van der Waals surface area (Å²) in [5, 5.41) is 12.0. The summed E-state index contributed by atoms with van der Waals surface area (Å²) in [6.07, 6.45) is 0. The normalized spacial score (nSPS) is 13.5. The summed E-state index contributed by atoms with van der Waals surface area (Å²) >= 11 is 2.73. The van der Waals surface area contributed by atoms with Gasteiger partial charge in [0.1, 0.15) is 18.2 Å². The van der Waals surface area contributed by atoms with Gasteiger partial charge in [-0.2, -0.15) is 5.26 Å². The third-order valence-electron chi connectivity index (χ3n) is 4.18. The maximum atomic E-state index is 12.6. The van der Waals surface area contributed by atoms with E-state index >= 15 is 0 Å². The predicted octanol–water partition coefficient (Wildman–Crippen LogP) is 4.55. The fourth-order valence-electron chi connectivity index (χ4n) is 2.78. The van der Waals surface area contributed by atoms with Crippen LogP contribution in [0.2, 0.25) is 0 Å². The molecule has 0 amide bonds. The third-order valence-corrected chi connectivity index (χ3v) is 6.11. The van der Waals surface area contributed by atoms with Crippen LogP contribution in [0.3, 0.4) is 0 Å². The van der Waals surface area contributed by atoms with E-state index in [-0.39, 0.29) is 11.5 Å². The largest absolute Gasteiger partial charge is 0.486 e. The molecule has 140 valence electrons. The first kappa shape index (κ1) is 18.5. The van der Waals surface area contributed by atoms with Crippen molar-refractivity contribution in [3.05, 3.63) is 58.9 Å². The van der Waals surface area contributed by atoms with Crippen LogP contribution in [0.1, 0.15) is 10.9 Å². The number of carbonyl (C=O) groups excluding carboxylic acids is 1. The Morgan fingerprint density at radius 2 is 1.96 bits per heavy atom. The molecule has 28 heavy (non-hydrogen) atoms. The minimum atomic E-state index is -0.854. The number of hydrogen-bond acceptors (Lipinski definition) is 7. The fourth-order valence-corrected chi connectivity index (χ4v) is 4.50. The molecule has 3 aromatic rings. The zero-order valence-electron chi connectivity index (χ0n) is 14.8. The van der Waals surface area contributed by atoms with E-state index in [1.807, 2.05) is 53.9 Å². The van der Waals surface area contributed by atoms with Crippen molar-refractivity contribution in [2.45, 2.75) is 10.8 Å². The number of nitrogens with zero attached hydrogens (tertiary/aromatic N) is 2. The Labute approximate surface area is 170 Å². The number of ketones is 1. The van der Waals surface area contributed by atoms with Gasteiger partial charge in [-0.05, 0) is 18.2 Å². The number of aromatic nitrogens is 1. The Morgan fingerprint density at radius 3 is 2.75 bits per heavy atom. The van der Waals surface area contributed by atoms with E-state index in [1.54, 1.807) is 0 Å². The van der Waals surface area contributed by atoms with Crippen LogP contribution in [0.4, 0.5) is 0 Å². The molecule has 0 saturated carbocycles. The van der Waals surface area contributed by atoms with Gasteiger partial charge in [-0.25, -0.2) is 4.98 Å². The molecule has 0 saturated heterocycles. The summed E-state index contributed by atoms with van der Waals surface area (Å²) in [4.78, 5) is 18.1. The van der Waals surface area contributed by atoms with Crippen LogP contribution in [0.25, 0.3) is 11.3 Å². The summed E-state index contributed by atoms with van der Waals surface area (Å²) < 4.78 is 11.1. The second-order valence-electron chi connectivity index (χ2n) is 6.06. The molecule has 4 rings (SSSR count). The first-order valence-corrected chi connectivity index (χ1v) is 10.6. The van der Waals surface area contributed by atoms with Crippen molar-refractivity contribution in [2.24, 2.45) is 0 Å². The van der Waals surface area contributed by atoms with Gasteiger partial charge in [0.2, 0.25) is 0 Å². The molecule has 0 spiro atoms. The van der Waals surface area contributed by atoms with Gasteiger partial charge >= 0.3 is 0 Å². The smallest absolute Gasteiger partial charge is 0.167 e. The number of thioether (sulfide) groups is 1. The van der Waals surface area contributed by atoms with Gasteiger partial charge in [-0.3, -0.25) is 4.79 Å². The number of fused-ring (bicyclic) bond motifs is 1. The molecule has 7 heteroatoms. The van der Waals surface area contributed by atoms with Crippen LogP contribution in [0.5, 0.6) is 11.5 Å². The molecule has 1 atom stereocenters. The first-order chi connectivity index (χ1) is 13.7. The summed E-state index contributed by atoms with van der Waals surface area (Å²) in [5.41, 5.74) is 1.76. The molecule has 0 fully saturated rings. The highest BCUT2D eigenvalue weighted by Crippen LogP contribution is 2.35. The Balaban J connectivity index is 1.43. The fraction of sp³-hybridized carbons (Fsp3) is 0.190. The molecule has 0 radical (unpaired) electrons. The van der Waals surface area contributed by atoms with Crippen molar-refractivity contribution in [3.8, 4) is 28.8 Å². The molecular weight excluding hydrogens is 392 g/mol. The molecule has 2 aromatic carbocycles. The first-order valence-electron chi connectivity index (χ1n) is 8.70. The molecule has 2 heterocycles. The molecule has 1 aromatic heterocycles. The number of rotatable bonds is 6. The molecule has 5 nitrogen and oxygen atoms in total. The lowest BCUT2D eigenvalue weighted by atomic mass is 10.1. The van der Waals surface area contributed by atoms with Crippen LogP contribution < -0.4 is 9.47 Å². The summed E-state index contributed by atoms with van der Waals surface area (Å²) in [6, 6.07) is 17.4. The highest BCUT2D eigenvalue weighted by Gasteiger charge is 2.24. The summed E-state index contributed by atoms with van der Waals surface area (Å²) in [5.74, 6) is 0.586. The third kappa shape index (κ3) is 4.03. The van der Waals surface area contributed by atoms with Gasteiger partial charge in [0.15, 0.2) is 23.2 Å². The average Bonchev–Trinajstić information content (AvgIpc) is 3.23. The van der Waals surface area contributed by atoms with Gasteiger partial charge in [0.05, 0.1) is 17.5 Å². The van der Waals surface area contributed by atoms with E-state index in [1.165, 1.54) is 23.1 Å². The molecule has 1 aliphatic rings. The van der Waals surface area contributed by atoms with Gasteiger partial charge in [-0.1, -0.05) is 30.3 Å². The lowest BCUT2D eigenvalue weighted by Gasteiger charge is -2.18. The Morgan fingerprint density at radius 1 is 1.18 bits per heavy atom. The van der Waals surface area contributed by atoms with E-state index in [4.69, 9.17) is 9.47 Å². The number of nitriles is 1. The van der Waals surface area contributed by atoms with Crippen LogP contribution in [-0.4, -0.2) is 29.7 Å². The van der Waals surface area contributed by atoms with E-state index in [0.717, 1.165) is 16.2 Å². The molecule has 0 aliphatic carbocycles. The topological polar surface area (TPSA) is 72.2 Å². The Kier molecular flexibility index (Phi) is 5.60. The highest BCUT2D eigenvalue weighted by molar-refractivity contribution is 8.00. The van der Waals surface area contributed by atoms with E-state index < -0.39 is 5.92 Å². The molecule has 0 N–H and O–H groups in total. The number of thiazole rings is 1. The quantitative estimate of drug-likeness (QED) is 0.557. The minimum Gasteiger partial charge on any atom is -0.486 e. The molecule has 0 bridgehead atoms. The van der Waals surface area contributed by atoms with Gasteiger partial charge in [0.25, 0.3) is 0 Å². The highest BCUT2D eigenvalue weighted by atomic mass is 32.2. The SMILES string of the molecule is N#C[C@@H](C(=O)CSc1ccc2c(c1)OCCO2)c1nc(-c2ccccc2)cs1. The van der Waals surface area contributed by atoms with Crippen LogP contribution in [-0.2, 0) is 4.79 Å². The van der Waals surface area contributed by atoms with Crippen LogP contribution in [0, 0.1) is 11.3 Å².